The third-order valence-electron chi connectivity index (χ3n) is 6.81. The molecule has 3 aromatic rings. The van der Waals surface area contributed by atoms with Gasteiger partial charge in [0, 0.05) is 43.1 Å². The third kappa shape index (κ3) is 7.05. The normalized spacial score (nSPS) is 15.2. The van der Waals surface area contributed by atoms with Crippen LogP contribution in [0.5, 0.6) is 0 Å². The van der Waals surface area contributed by atoms with E-state index in [9.17, 15) is 22.8 Å². The van der Waals surface area contributed by atoms with Crippen LogP contribution in [-0.4, -0.2) is 61.9 Å². The molecule has 1 saturated heterocycles. The van der Waals surface area contributed by atoms with Crippen molar-refractivity contribution in [3.05, 3.63) is 82.4 Å². The van der Waals surface area contributed by atoms with Crippen LogP contribution >= 0.6 is 11.6 Å². The summed E-state index contributed by atoms with van der Waals surface area (Å²) in [6, 6.07) is 15.2. The lowest BCUT2D eigenvalue weighted by Gasteiger charge is -2.26. The van der Waals surface area contributed by atoms with E-state index in [0.717, 1.165) is 54.0 Å². The fraction of sp³-hybridized carbons (Fsp3) is 0.276. The first-order chi connectivity index (χ1) is 19.7. The van der Waals surface area contributed by atoms with Gasteiger partial charge in [0.05, 0.1) is 30.3 Å². The van der Waals surface area contributed by atoms with Crippen molar-refractivity contribution in [3.8, 4) is 11.1 Å². The smallest absolute Gasteiger partial charge is 0.379 e. The van der Waals surface area contributed by atoms with Gasteiger partial charge >= 0.3 is 12.2 Å². The van der Waals surface area contributed by atoms with Gasteiger partial charge in [0.2, 0.25) is 0 Å². The Labute approximate surface area is 239 Å². The molecule has 12 heteroatoms. The van der Waals surface area contributed by atoms with Crippen LogP contribution in [0.25, 0.3) is 11.1 Å². The predicted octanol–water partition coefficient (Wildman–Crippen LogP) is 5.42. The van der Waals surface area contributed by atoms with Crippen LogP contribution < -0.4 is 16.0 Å². The van der Waals surface area contributed by atoms with Crippen LogP contribution in [0, 0.1) is 0 Å². The number of hydrogen-bond acceptors (Lipinski definition) is 5. The minimum absolute atomic E-state index is 0.0448. The van der Waals surface area contributed by atoms with Crippen LogP contribution in [0.1, 0.15) is 16.7 Å². The van der Waals surface area contributed by atoms with Gasteiger partial charge in [-0.05, 0) is 53.1 Å². The van der Waals surface area contributed by atoms with Gasteiger partial charge in [-0.25, -0.2) is 4.79 Å². The summed E-state index contributed by atoms with van der Waals surface area (Å²) in [6.45, 7) is 4.84. The summed E-state index contributed by atoms with van der Waals surface area (Å²) in [4.78, 5) is 31.9. The third-order valence-corrected chi connectivity index (χ3v) is 7.14. The molecule has 0 unspecified atom stereocenters. The minimum atomic E-state index is -4.64. The molecule has 0 radical (unpaired) electrons. The average Bonchev–Trinajstić information content (AvgIpc) is 3.38. The lowest BCUT2D eigenvalue weighted by atomic mass is 9.97. The SMILES string of the molecule is O=C(Nc1ccc(-c2ccc3c(c2)C(C(=O)NCCN2CCOCC2)=NC3)cc1)Nc1ccc(Cl)c(C(F)(F)F)c1. The molecule has 0 aromatic heterocycles. The predicted molar refractivity (Wildman–Crippen MR) is 151 cm³/mol. The van der Waals surface area contributed by atoms with E-state index in [1.165, 1.54) is 6.07 Å². The van der Waals surface area contributed by atoms with Crippen molar-refractivity contribution >= 4 is 40.6 Å². The van der Waals surface area contributed by atoms with E-state index in [1.807, 2.05) is 18.2 Å². The maximum Gasteiger partial charge on any atom is 0.417 e. The molecular weight excluding hydrogens is 559 g/mol. The fourth-order valence-electron chi connectivity index (χ4n) is 4.65. The number of hydrogen-bond donors (Lipinski definition) is 3. The molecule has 214 valence electrons. The second-order valence-electron chi connectivity index (χ2n) is 9.60. The zero-order valence-corrected chi connectivity index (χ0v) is 22.6. The van der Waals surface area contributed by atoms with E-state index >= 15 is 0 Å². The number of halogens is 4. The zero-order chi connectivity index (χ0) is 29.0. The average molecular weight is 586 g/mol. The highest BCUT2D eigenvalue weighted by molar-refractivity contribution is 6.46. The summed E-state index contributed by atoms with van der Waals surface area (Å²) in [6.07, 6.45) is -4.64. The van der Waals surface area contributed by atoms with E-state index in [-0.39, 0.29) is 11.6 Å². The number of benzene rings is 3. The quantitative estimate of drug-likeness (QED) is 0.345. The van der Waals surface area contributed by atoms with Crippen molar-refractivity contribution in [1.82, 2.24) is 10.2 Å². The molecule has 3 aromatic carbocycles. The van der Waals surface area contributed by atoms with E-state index in [1.54, 1.807) is 24.3 Å². The summed E-state index contributed by atoms with van der Waals surface area (Å²) in [5, 5.41) is 7.50. The van der Waals surface area contributed by atoms with Crippen LogP contribution in [0.4, 0.5) is 29.3 Å². The van der Waals surface area contributed by atoms with E-state index in [0.29, 0.717) is 37.7 Å². The molecule has 0 atom stereocenters. The van der Waals surface area contributed by atoms with Crippen molar-refractivity contribution in [3.63, 3.8) is 0 Å². The summed E-state index contributed by atoms with van der Waals surface area (Å²) >= 11 is 5.63. The minimum Gasteiger partial charge on any atom is -0.379 e. The first kappa shape index (κ1) is 28.6. The maximum absolute atomic E-state index is 13.1. The highest BCUT2D eigenvalue weighted by Crippen LogP contribution is 2.36. The molecule has 2 heterocycles. The second-order valence-corrected chi connectivity index (χ2v) is 10.0. The molecule has 5 rings (SSSR count). The summed E-state index contributed by atoms with van der Waals surface area (Å²) in [7, 11) is 0. The molecule has 3 amide bonds. The van der Waals surface area contributed by atoms with Gasteiger partial charge in [-0.1, -0.05) is 35.9 Å². The van der Waals surface area contributed by atoms with Crippen molar-refractivity contribution in [2.24, 2.45) is 4.99 Å². The summed E-state index contributed by atoms with van der Waals surface area (Å²) < 4.78 is 44.6. The fourth-order valence-corrected chi connectivity index (χ4v) is 4.88. The summed E-state index contributed by atoms with van der Waals surface area (Å²) in [5.41, 5.74) is 3.26. The monoisotopic (exact) mass is 585 g/mol. The van der Waals surface area contributed by atoms with Gasteiger partial charge < -0.3 is 20.7 Å². The summed E-state index contributed by atoms with van der Waals surface area (Å²) in [5.74, 6) is -0.206. The molecule has 8 nitrogen and oxygen atoms in total. The number of carbonyl (C=O) groups excluding carboxylic acids is 2. The largest absolute Gasteiger partial charge is 0.417 e. The van der Waals surface area contributed by atoms with Gasteiger partial charge in [0.1, 0.15) is 5.71 Å². The number of alkyl halides is 3. The Hall–Kier alpha value is -3.93. The van der Waals surface area contributed by atoms with Gasteiger partial charge in [-0.3, -0.25) is 14.7 Å². The molecule has 1 fully saturated rings. The van der Waals surface area contributed by atoms with Gasteiger partial charge in [-0.15, -0.1) is 0 Å². The number of nitrogens with one attached hydrogen (secondary N) is 3. The van der Waals surface area contributed by atoms with Crippen molar-refractivity contribution in [2.75, 3.05) is 50.0 Å². The lowest BCUT2D eigenvalue weighted by Crippen LogP contribution is -2.42. The van der Waals surface area contributed by atoms with Crippen molar-refractivity contribution in [1.29, 1.82) is 0 Å². The van der Waals surface area contributed by atoms with Gasteiger partial charge in [0.15, 0.2) is 0 Å². The molecule has 0 spiro atoms. The number of amides is 3. The number of anilines is 2. The van der Waals surface area contributed by atoms with E-state index < -0.39 is 22.8 Å². The standard InChI is InChI=1S/C29H27ClF3N5O3/c30-25-8-7-22(16-24(25)29(31,32)33)37-28(40)36-21-5-3-18(4-6-21)19-1-2-20-17-35-26(23(20)15-19)27(39)34-9-10-38-11-13-41-14-12-38/h1-8,15-16H,9-14,17H2,(H,34,39)(H2,36,37,40). The highest BCUT2D eigenvalue weighted by atomic mass is 35.5. The number of nitrogens with zero attached hydrogens (tertiary/aromatic N) is 2. The Kier molecular flexibility index (Phi) is 8.57. The Morgan fingerprint density at radius 1 is 0.927 bits per heavy atom. The van der Waals surface area contributed by atoms with Gasteiger partial charge in [-0.2, -0.15) is 13.2 Å². The first-order valence-electron chi connectivity index (χ1n) is 13.0. The Morgan fingerprint density at radius 2 is 1.61 bits per heavy atom. The van der Waals surface area contributed by atoms with E-state index in [2.05, 4.69) is 25.8 Å². The van der Waals surface area contributed by atoms with Crippen LogP contribution in [-0.2, 0) is 22.3 Å². The van der Waals surface area contributed by atoms with Crippen LogP contribution in [0.2, 0.25) is 5.02 Å². The molecule has 41 heavy (non-hydrogen) atoms. The number of aliphatic imine (C=N–C) groups is 1. The molecule has 0 saturated carbocycles. The molecule has 2 aliphatic heterocycles. The molecule has 0 bridgehead atoms. The van der Waals surface area contributed by atoms with Crippen LogP contribution in [0.3, 0.4) is 0 Å². The Bertz CT molecular complexity index is 1470. The number of urea groups is 1. The number of rotatable bonds is 7. The topological polar surface area (TPSA) is 95.1 Å². The first-order valence-corrected chi connectivity index (χ1v) is 13.4. The van der Waals surface area contributed by atoms with Gasteiger partial charge in [0.25, 0.3) is 5.91 Å². The second kappa shape index (κ2) is 12.3. The molecular formula is C29H27ClF3N5O3. The molecule has 3 N–H and O–H groups in total. The number of fused-ring (bicyclic) bond motifs is 1. The zero-order valence-electron chi connectivity index (χ0n) is 21.9. The van der Waals surface area contributed by atoms with Crippen molar-refractivity contribution < 1.29 is 27.5 Å². The number of morpholine rings is 1. The Balaban J connectivity index is 1.19. The highest BCUT2D eigenvalue weighted by Gasteiger charge is 2.33. The van der Waals surface area contributed by atoms with E-state index in [4.69, 9.17) is 16.3 Å². The van der Waals surface area contributed by atoms with Crippen molar-refractivity contribution in [2.45, 2.75) is 12.7 Å². The molecule has 2 aliphatic rings. The molecule has 0 aliphatic carbocycles. The maximum atomic E-state index is 13.1. The van der Waals surface area contributed by atoms with Crippen LogP contribution in [0.15, 0.2) is 65.7 Å². The number of ether oxygens (including phenoxy) is 1. The Morgan fingerprint density at radius 3 is 2.34 bits per heavy atom. The number of carbonyl (C=O) groups is 2. The lowest BCUT2D eigenvalue weighted by molar-refractivity contribution is -0.137.